The highest BCUT2D eigenvalue weighted by molar-refractivity contribution is 7.91. The van der Waals surface area contributed by atoms with Gasteiger partial charge in [0.25, 0.3) is 0 Å². The van der Waals surface area contributed by atoms with Gasteiger partial charge in [-0.15, -0.1) is 0 Å². The summed E-state index contributed by atoms with van der Waals surface area (Å²) in [6, 6.07) is 7.05. The normalized spacial score (nSPS) is 26.8. The average Bonchev–Trinajstić information content (AvgIpc) is 2.82. The quantitative estimate of drug-likeness (QED) is 0.804. The Morgan fingerprint density at radius 3 is 2.96 bits per heavy atom. The summed E-state index contributed by atoms with van der Waals surface area (Å²) < 4.78 is 39.1. The molecule has 150 valence electrons. The molecule has 28 heavy (non-hydrogen) atoms. The first-order valence-corrected chi connectivity index (χ1v) is 10.9. The van der Waals surface area contributed by atoms with Gasteiger partial charge in [0.2, 0.25) is 0 Å². The van der Waals surface area contributed by atoms with E-state index in [2.05, 4.69) is 10.3 Å². The van der Waals surface area contributed by atoms with E-state index in [0.717, 1.165) is 5.56 Å². The Morgan fingerprint density at radius 2 is 2.14 bits per heavy atom. The smallest absolute Gasteiger partial charge is 0.180 e. The van der Waals surface area contributed by atoms with Crippen LogP contribution in [0.3, 0.4) is 0 Å². The van der Waals surface area contributed by atoms with Crippen LogP contribution < -0.4 is 11.1 Å². The SMILES string of the molecule is NCCN/C1=C/C(N2CCS(=O)(=O)c3ccccc3C2)=N\C=C\CC(F)C=C1. The molecule has 0 amide bonds. The molecule has 3 N–H and O–H groups in total. The lowest BCUT2D eigenvalue weighted by atomic mass is 10.2. The van der Waals surface area contributed by atoms with Crippen LogP contribution in [0, 0.1) is 0 Å². The molecule has 0 saturated carbocycles. The second-order valence-corrected chi connectivity index (χ2v) is 8.72. The first-order valence-electron chi connectivity index (χ1n) is 9.26. The summed E-state index contributed by atoms with van der Waals surface area (Å²) in [5.41, 5.74) is 7.00. The number of nitrogens with two attached hydrogens (primary N) is 1. The maximum atomic E-state index is 13.8. The van der Waals surface area contributed by atoms with Crippen molar-refractivity contribution in [1.82, 2.24) is 10.2 Å². The Kier molecular flexibility index (Phi) is 6.64. The number of alkyl halides is 1. The summed E-state index contributed by atoms with van der Waals surface area (Å²) >= 11 is 0. The number of halogens is 1. The fourth-order valence-corrected chi connectivity index (χ4v) is 4.59. The minimum atomic E-state index is -3.35. The average molecular weight is 405 g/mol. The maximum Gasteiger partial charge on any atom is 0.180 e. The molecule has 0 saturated heterocycles. The molecule has 1 unspecified atom stereocenters. The van der Waals surface area contributed by atoms with Crippen LogP contribution in [0.25, 0.3) is 0 Å². The first-order chi connectivity index (χ1) is 13.5. The van der Waals surface area contributed by atoms with Crippen molar-refractivity contribution in [2.75, 3.05) is 25.4 Å². The fraction of sp³-hybridized carbons (Fsp3) is 0.350. The molecule has 1 aromatic carbocycles. The number of amidine groups is 1. The monoisotopic (exact) mass is 404 g/mol. The standard InChI is InChI=1S/C20H25FN4O2S/c21-17-5-3-10-24-20(14-18(8-7-17)23-11-9-22)25-12-13-28(26,27)19-6-2-1-4-16(19)15-25/h1-4,6-8,10,14,17,23H,5,9,11-13,15,22H2/b8-7?,10-3+,18-14+,24-20+. The second kappa shape index (κ2) is 9.16. The van der Waals surface area contributed by atoms with Crippen molar-refractivity contribution < 1.29 is 12.8 Å². The van der Waals surface area contributed by atoms with Gasteiger partial charge in [0, 0.05) is 50.6 Å². The molecule has 0 spiro atoms. The molecule has 0 aliphatic carbocycles. The number of allylic oxidation sites excluding steroid dienone is 3. The molecule has 6 nitrogen and oxygen atoms in total. The van der Waals surface area contributed by atoms with Crippen molar-refractivity contribution in [2.24, 2.45) is 10.7 Å². The van der Waals surface area contributed by atoms with E-state index in [-0.39, 0.29) is 12.2 Å². The highest BCUT2D eigenvalue weighted by Crippen LogP contribution is 2.23. The molecule has 0 radical (unpaired) electrons. The van der Waals surface area contributed by atoms with Gasteiger partial charge in [0.05, 0.1) is 10.6 Å². The Bertz CT molecular complexity index is 922. The van der Waals surface area contributed by atoms with Crippen molar-refractivity contribution in [3.63, 3.8) is 0 Å². The highest BCUT2D eigenvalue weighted by Gasteiger charge is 2.26. The van der Waals surface area contributed by atoms with Crippen LogP contribution in [0.5, 0.6) is 0 Å². The molecule has 0 aromatic heterocycles. The van der Waals surface area contributed by atoms with Gasteiger partial charge in [-0.1, -0.05) is 24.3 Å². The molecule has 2 heterocycles. The fourth-order valence-electron chi connectivity index (χ4n) is 3.09. The van der Waals surface area contributed by atoms with Crippen LogP contribution in [0.2, 0.25) is 0 Å². The van der Waals surface area contributed by atoms with E-state index in [1.807, 2.05) is 17.0 Å². The van der Waals surface area contributed by atoms with Crippen molar-refractivity contribution >= 4 is 15.7 Å². The van der Waals surface area contributed by atoms with Gasteiger partial charge in [-0.05, 0) is 23.8 Å². The predicted octanol–water partition coefficient (Wildman–Crippen LogP) is 1.92. The van der Waals surface area contributed by atoms with Gasteiger partial charge >= 0.3 is 0 Å². The van der Waals surface area contributed by atoms with Crippen LogP contribution in [0.15, 0.2) is 70.4 Å². The number of nitrogens with one attached hydrogen (secondary N) is 1. The topological polar surface area (TPSA) is 87.8 Å². The van der Waals surface area contributed by atoms with Gasteiger partial charge in [-0.3, -0.25) is 0 Å². The molecule has 2 aliphatic rings. The summed E-state index contributed by atoms with van der Waals surface area (Å²) in [7, 11) is -3.35. The minimum Gasteiger partial charge on any atom is -0.384 e. The zero-order valence-electron chi connectivity index (χ0n) is 15.6. The van der Waals surface area contributed by atoms with Crippen molar-refractivity contribution in [2.45, 2.75) is 24.0 Å². The largest absolute Gasteiger partial charge is 0.384 e. The number of nitrogens with zero attached hydrogens (tertiary/aromatic N) is 2. The Labute approximate surface area is 165 Å². The van der Waals surface area contributed by atoms with E-state index in [1.165, 1.54) is 6.08 Å². The Balaban J connectivity index is 1.97. The van der Waals surface area contributed by atoms with Crippen LogP contribution >= 0.6 is 0 Å². The number of aliphatic imine (C=N–C) groups is 1. The van der Waals surface area contributed by atoms with E-state index in [0.29, 0.717) is 42.6 Å². The van der Waals surface area contributed by atoms with Gasteiger partial charge in [-0.25, -0.2) is 17.8 Å². The summed E-state index contributed by atoms with van der Waals surface area (Å²) in [5, 5.41) is 3.16. The van der Waals surface area contributed by atoms with Crippen molar-refractivity contribution in [3.8, 4) is 0 Å². The van der Waals surface area contributed by atoms with Gasteiger partial charge in [-0.2, -0.15) is 0 Å². The number of hydrogen-bond acceptors (Lipinski definition) is 6. The minimum absolute atomic E-state index is 0.00848. The summed E-state index contributed by atoms with van der Waals surface area (Å²) in [6.45, 7) is 1.72. The molecular formula is C20H25FN4O2S. The van der Waals surface area contributed by atoms with E-state index >= 15 is 0 Å². The van der Waals surface area contributed by atoms with Crippen molar-refractivity contribution in [3.05, 3.63) is 66.0 Å². The van der Waals surface area contributed by atoms with E-state index < -0.39 is 16.0 Å². The zero-order chi connectivity index (χ0) is 20.0. The Hall–Kier alpha value is -2.45. The summed E-state index contributed by atoms with van der Waals surface area (Å²) in [6.07, 6.45) is 7.35. The number of rotatable bonds is 3. The molecule has 1 aromatic rings. The summed E-state index contributed by atoms with van der Waals surface area (Å²) in [4.78, 5) is 6.79. The number of sulfone groups is 1. The number of benzene rings is 1. The maximum absolute atomic E-state index is 13.8. The van der Waals surface area contributed by atoms with Crippen molar-refractivity contribution in [1.29, 1.82) is 0 Å². The third kappa shape index (κ3) is 5.08. The molecule has 8 heteroatoms. The van der Waals surface area contributed by atoms with Crippen LogP contribution in [-0.4, -0.2) is 50.7 Å². The lowest BCUT2D eigenvalue weighted by Crippen LogP contribution is -2.32. The lowest BCUT2D eigenvalue weighted by Gasteiger charge is -2.23. The summed E-state index contributed by atoms with van der Waals surface area (Å²) in [5.74, 6) is 0.624. The van der Waals surface area contributed by atoms with Gasteiger partial charge in [0.15, 0.2) is 9.84 Å². The van der Waals surface area contributed by atoms with Crippen LogP contribution in [-0.2, 0) is 16.4 Å². The van der Waals surface area contributed by atoms with Crippen LogP contribution in [0.1, 0.15) is 12.0 Å². The number of fused-ring (bicyclic) bond motifs is 1. The van der Waals surface area contributed by atoms with E-state index in [9.17, 15) is 12.8 Å². The third-order valence-electron chi connectivity index (χ3n) is 4.54. The molecule has 1 atom stereocenters. The zero-order valence-corrected chi connectivity index (χ0v) is 16.4. The van der Waals surface area contributed by atoms with E-state index in [1.54, 1.807) is 36.6 Å². The molecule has 0 bridgehead atoms. The second-order valence-electron chi connectivity index (χ2n) is 6.65. The first kappa shape index (κ1) is 20.3. The highest BCUT2D eigenvalue weighted by atomic mass is 32.2. The predicted molar refractivity (Wildman–Crippen MR) is 109 cm³/mol. The van der Waals surface area contributed by atoms with E-state index in [4.69, 9.17) is 5.73 Å². The number of hydrogen-bond donors (Lipinski definition) is 2. The van der Waals surface area contributed by atoms with Gasteiger partial charge < -0.3 is 16.0 Å². The molecular weight excluding hydrogens is 379 g/mol. The third-order valence-corrected chi connectivity index (χ3v) is 6.33. The molecule has 0 fully saturated rings. The van der Waals surface area contributed by atoms with Gasteiger partial charge in [0.1, 0.15) is 12.0 Å². The molecule has 2 aliphatic heterocycles. The lowest BCUT2D eigenvalue weighted by molar-refractivity contribution is 0.403. The van der Waals surface area contributed by atoms with Crippen LogP contribution in [0.4, 0.5) is 4.39 Å². The Morgan fingerprint density at radius 1 is 1.32 bits per heavy atom. The molecule has 3 rings (SSSR count).